The number of alkyl halides is 3. The first kappa shape index (κ1) is 22.8. The first-order chi connectivity index (χ1) is 15.2. The highest BCUT2D eigenvalue weighted by Crippen LogP contribution is 2.32. The number of carbonyl (C=O) groups excluding carboxylic acids is 2. The van der Waals surface area contributed by atoms with Crippen LogP contribution in [0.2, 0.25) is 0 Å². The van der Waals surface area contributed by atoms with Gasteiger partial charge in [0.2, 0.25) is 0 Å². The quantitative estimate of drug-likeness (QED) is 0.490. The molecule has 166 valence electrons. The topological polar surface area (TPSA) is 93.5 Å². The van der Waals surface area contributed by atoms with Gasteiger partial charge in [-0.3, -0.25) is 10.1 Å². The molecule has 0 heterocycles. The van der Waals surface area contributed by atoms with Gasteiger partial charge in [0, 0.05) is 23.5 Å². The van der Waals surface area contributed by atoms with Crippen molar-refractivity contribution in [3.63, 3.8) is 0 Å². The van der Waals surface area contributed by atoms with Crippen molar-refractivity contribution < 1.29 is 27.5 Å². The third kappa shape index (κ3) is 6.32. The van der Waals surface area contributed by atoms with E-state index in [1.54, 1.807) is 54.6 Å². The molecule has 0 spiro atoms. The van der Waals surface area contributed by atoms with Gasteiger partial charge in [0.25, 0.3) is 5.91 Å². The van der Waals surface area contributed by atoms with Gasteiger partial charge in [0.05, 0.1) is 5.56 Å². The average molecular weight is 443 g/mol. The van der Waals surface area contributed by atoms with E-state index >= 15 is 0 Å². The van der Waals surface area contributed by atoms with Crippen molar-refractivity contribution >= 4 is 23.4 Å². The summed E-state index contributed by atoms with van der Waals surface area (Å²) in [6, 6.07) is 18.0. The van der Waals surface area contributed by atoms with Gasteiger partial charge in [0.1, 0.15) is 6.61 Å². The Balaban J connectivity index is 1.78. The summed E-state index contributed by atoms with van der Waals surface area (Å²) in [7, 11) is 0. The number of amides is 2. The molecule has 4 N–H and O–H groups in total. The fourth-order valence-corrected chi connectivity index (χ4v) is 2.85. The predicted molar refractivity (Wildman–Crippen MR) is 114 cm³/mol. The maximum absolute atomic E-state index is 13.4. The largest absolute Gasteiger partial charge is 0.444 e. The van der Waals surface area contributed by atoms with Crippen LogP contribution in [-0.2, 0) is 24.1 Å². The summed E-state index contributed by atoms with van der Waals surface area (Å²) in [5, 5.41) is 4.78. The van der Waals surface area contributed by atoms with E-state index in [4.69, 9.17) is 10.5 Å². The van der Waals surface area contributed by atoms with Crippen LogP contribution >= 0.6 is 0 Å². The van der Waals surface area contributed by atoms with Crippen LogP contribution in [-0.4, -0.2) is 12.0 Å². The standard InChI is InChI=1S/C23H20F3N3O3/c24-23(25,26)18-10-17(21(30)28-19-8-4-7-16(9-19)13-27)11-20(12-18)29-22(31)32-14-15-5-2-1-3-6-15/h1-12H,13-14,27H2,(H,28,30)(H,29,31). The zero-order chi connectivity index (χ0) is 23.1. The molecule has 0 aliphatic heterocycles. The zero-order valence-corrected chi connectivity index (χ0v) is 16.8. The molecule has 0 atom stereocenters. The number of hydrogen-bond acceptors (Lipinski definition) is 4. The Morgan fingerprint density at radius 1 is 0.844 bits per heavy atom. The van der Waals surface area contributed by atoms with Crippen LogP contribution in [0.3, 0.4) is 0 Å². The van der Waals surface area contributed by atoms with Crippen LogP contribution in [0.25, 0.3) is 0 Å². The molecular formula is C23H20F3N3O3. The number of halogens is 3. The van der Waals surface area contributed by atoms with Gasteiger partial charge in [0.15, 0.2) is 0 Å². The normalized spacial score (nSPS) is 11.0. The molecule has 0 saturated heterocycles. The Kier molecular flexibility index (Phi) is 7.11. The molecule has 3 rings (SSSR count). The van der Waals surface area contributed by atoms with Crippen molar-refractivity contribution in [2.24, 2.45) is 5.73 Å². The Hall–Kier alpha value is -3.85. The van der Waals surface area contributed by atoms with Crippen molar-refractivity contribution in [3.8, 4) is 0 Å². The van der Waals surface area contributed by atoms with Crippen LogP contribution in [0.15, 0.2) is 72.8 Å². The first-order valence-corrected chi connectivity index (χ1v) is 9.55. The Morgan fingerprint density at radius 2 is 1.56 bits per heavy atom. The smallest absolute Gasteiger partial charge is 0.416 e. The molecule has 32 heavy (non-hydrogen) atoms. The predicted octanol–water partition coefficient (Wildman–Crippen LogP) is 5.17. The molecule has 6 nitrogen and oxygen atoms in total. The average Bonchev–Trinajstić information content (AvgIpc) is 2.77. The van der Waals surface area contributed by atoms with E-state index in [1.165, 1.54) is 0 Å². The minimum Gasteiger partial charge on any atom is -0.444 e. The minimum atomic E-state index is -4.72. The molecule has 9 heteroatoms. The molecule has 0 aromatic heterocycles. The second-order valence-electron chi connectivity index (χ2n) is 6.84. The van der Waals surface area contributed by atoms with E-state index in [0.717, 1.165) is 17.7 Å². The van der Waals surface area contributed by atoms with Crippen LogP contribution in [0.1, 0.15) is 27.0 Å². The van der Waals surface area contributed by atoms with E-state index in [2.05, 4.69) is 10.6 Å². The van der Waals surface area contributed by atoms with Crippen molar-refractivity contribution in [2.45, 2.75) is 19.3 Å². The third-order valence-electron chi connectivity index (χ3n) is 4.40. The van der Waals surface area contributed by atoms with Gasteiger partial charge in [-0.1, -0.05) is 42.5 Å². The SMILES string of the molecule is NCc1cccc(NC(=O)c2cc(NC(=O)OCc3ccccc3)cc(C(F)(F)F)c2)c1. The molecule has 3 aromatic carbocycles. The summed E-state index contributed by atoms with van der Waals surface area (Å²) in [5.74, 6) is -0.772. The molecular weight excluding hydrogens is 423 g/mol. The molecule has 0 unspecified atom stereocenters. The number of nitrogens with two attached hydrogens (primary N) is 1. The van der Waals surface area contributed by atoms with Gasteiger partial charge in [-0.15, -0.1) is 0 Å². The lowest BCUT2D eigenvalue weighted by Crippen LogP contribution is -2.18. The van der Waals surface area contributed by atoms with Crippen LogP contribution < -0.4 is 16.4 Å². The molecule has 0 aliphatic rings. The van der Waals surface area contributed by atoms with Gasteiger partial charge >= 0.3 is 12.3 Å². The molecule has 3 aromatic rings. The lowest BCUT2D eigenvalue weighted by molar-refractivity contribution is -0.137. The van der Waals surface area contributed by atoms with Gasteiger partial charge in [-0.25, -0.2) is 4.79 Å². The van der Waals surface area contributed by atoms with Gasteiger partial charge in [-0.05, 0) is 41.5 Å². The highest BCUT2D eigenvalue weighted by Gasteiger charge is 2.32. The molecule has 2 amide bonds. The fraction of sp³-hybridized carbons (Fsp3) is 0.130. The van der Waals surface area contributed by atoms with Crippen molar-refractivity contribution in [3.05, 3.63) is 95.1 Å². The number of rotatable bonds is 6. The number of ether oxygens (including phenoxy) is 1. The summed E-state index contributed by atoms with van der Waals surface area (Å²) in [4.78, 5) is 24.7. The maximum Gasteiger partial charge on any atom is 0.416 e. The van der Waals surface area contributed by atoms with Gasteiger partial charge < -0.3 is 15.8 Å². The fourth-order valence-electron chi connectivity index (χ4n) is 2.85. The van der Waals surface area contributed by atoms with E-state index < -0.39 is 23.7 Å². The number of nitrogens with one attached hydrogen (secondary N) is 2. The van der Waals surface area contributed by atoms with Crippen LogP contribution in [0, 0.1) is 0 Å². The molecule has 0 fully saturated rings. The summed E-state index contributed by atoms with van der Waals surface area (Å²) < 4.78 is 45.1. The summed E-state index contributed by atoms with van der Waals surface area (Å²) >= 11 is 0. The third-order valence-corrected chi connectivity index (χ3v) is 4.40. The highest BCUT2D eigenvalue weighted by atomic mass is 19.4. The number of anilines is 2. The number of benzene rings is 3. The summed E-state index contributed by atoms with van der Waals surface area (Å²) in [6.45, 7) is 0.183. The number of carbonyl (C=O) groups is 2. The molecule has 0 saturated carbocycles. The Labute approximate surface area is 182 Å². The lowest BCUT2D eigenvalue weighted by atomic mass is 10.1. The molecule has 0 bridgehead atoms. The molecule has 0 aliphatic carbocycles. The summed E-state index contributed by atoms with van der Waals surface area (Å²) in [5.41, 5.74) is 5.82. The first-order valence-electron chi connectivity index (χ1n) is 9.55. The number of hydrogen-bond donors (Lipinski definition) is 3. The van der Waals surface area contributed by atoms with E-state index in [0.29, 0.717) is 17.3 Å². The minimum absolute atomic E-state index is 0.0591. The van der Waals surface area contributed by atoms with E-state index in [1.807, 2.05) is 0 Å². The van der Waals surface area contributed by atoms with Crippen molar-refractivity contribution in [2.75, 3.05) is 10.6 Å². The second kappa shape index (κ2) is 9.97. The second-order valence-corrected chi connectivity index (χ2v) is 6.84. The van der Waals surface area contributed by atoms with Gasteiger partial charge in [-0.2, -0.15) is 13.2 Å². The van der Waals surface area contributed by atoms with Crippen molar-refractivity contribution in [1.29, 1.82) is 0 Å². The maximum atomic E-state index is 13.4. The monoisotopic (exact) mass is 443 g/mol. The summed E-state index contributed by atoms with van der Waals surface area (Å²) in [6.07, 6.45) is -5.67. The Bertz CT molecular complexity index is 1100. The molecule has 0 radical (unpaired) electrons. The van der Waals surface area contributed by atoms with E-state index in [9.17, 15) is 22.8 Å². The highest BCUT2D eigenvalue weighted by molar-refractivity contribution is 6.05. The van der Waals surface area contributed by atoms with Crippen LogP contribution in [0.5, 0.6) is 0 Å². The van der Waals surface area contributed by atoms with Crippen LogP contribution in [0.4, 0.5) is 29.3 Å². The van der Waals surface area contributed by atoms with Crippen molar-refractivity contribution in [1.82, 2.24) is 0 Å². The Morgan fingerprint density at radius 3 is 2.25 bits per heavy atom. The zero-order valence-electron chi connectivity index (χ0n) is 16.8. The van der Waals surface area contributed by atoms with E-state index in [-0.39, 0.29) is 24.4 Å². The lowest BCUT2D eigenvalue weighted by Gasteiger charge is -2.14.